The highest BCUT2D eigenvalue weighted by molar-refractivity contribution is 7.89. The first-order valence-electron chi connectivity index (χ1n) is 6.84. The lowest BCUT2D eigenvalue weighted by Gasteiger charge is -2.13. The summed E-state index contributed by atoms with van der Waals surface area (Å²) in [6.07, 6.45) is 3.32. The van der Waals surface area contributed by atoms with Crippen molar-refractivity contribution in [2.75, 3.05) is 6.54 Å². The van der Waals surface area contributed by atoms with Gasteiger partial charge in [0.25, 0.3) is 0 Å². The average molecular weight is 302 g/mol. The predicted octanol–water partition coefficient (Wildman–Crippen LogP) is 2.32. The van der Waals surface area contributed by atoms with Crippen molar-refractivity contribution in [2.24, 2.45) is 5.92 Å². The molecule has 1 aromatic rings. The minimum absolute atomic E-state index is 0.0429. The van der Waals surface area contributed by atoms with Gasteiger partial charge in [-0.05, 0) is 50.1 Å². The Morgan fingerprint density at radius 3 is 2.84 bits per heavy atom. The van der Waals surface area contributed by atoms with E-state index in [9.17, 15) is 8.42 Å². The first-order chi connectivity index (χ1) is 9.04. The van der Waals surface area contributed by atoms with E-state index in [0.717, 1.165) is 30.7 Å². The molecular formula is C13H22N2O2S2. The lowest BCUT2D eigenvalue weighted by molar-refractivity contribution is 0.537. The van der Waals surface area contributed by atoms with E-state index in [4.69, 9.17) is 0 Å². The lowest BCUT2D eigenvalue weighted by Crippen LogP contribution is -2.34. The van der Waals surface area contributed by atoms with Crippen LogP contribution in [0.25, 0.3) is 0 Å². The lowest BCUT2D eigenvalue weighted by atomic mass is 10.2. The van der Waals surface area contributed by atoms with Crippen LogP contribution in [0.15, 0.2) is 16.3 Å². The molecule has 0 aliphatic heterocycles. The molecule has 0 bridgehead atoms. The third kappa shape index (κ3) is 4.02. The summed E-state index contributed by atoms with van der Waals surface area (Å²) >= 11 is 1.50. The monoisotopic (exact) mass is 302 g/mol. The number of hydrogen-bond donors (Lipinski definition) is 2. The van der Waals surface area contributed by atoms with Gasteiger partial charge in [0.2, 0.25) is 10.0 Å². The molecule has 0 radical (unpaired) electrons. The fourth-order valence-electron chi connectivity index (χ4n) is 2.08. The Labute approximate surface area is 119 Å². The molecule has 0 spiro atoms. The third-order valence-electron chi connectivity index (χ3n) is 3.38. The Balaban J connectivity index is 2.04. The highest BCUT2D eigenvalue weighted by Gasteiger charge is 2.32. The van der Waals surface area contributed by atoms with E-state index >= 15 is 0 Å². The third-order valence-corrected chi connectivity index (χ3v) is 6.07. The van der Waals surface area contributed by atoms with Crippen LogP contribution < -0.4 is 10.0 Å². The SMILES string of the molecule is CCCNCc1sccc1S(=O)(=O)NC(C)C1CC1. The van der Waals surface area contributed by atoms with Crippen LogP contribution in [0.1, 0.15) is 38.0 Å². The smallest absolute Gasteiger partial charge is 0.241 e. The first kappa shape index (κ1) is 15.0. The maximum absolute atomic E-state index is 12.4. The molecule has 1 aliphatic carbocycles. The maximum atomic E-state index is 12.4. The van der Waals surface area contributed by atoms with Gasteiger partial charge in [-0.25, -0.2) is 13.1 Å². The number of thiophene rings is 1. The van der Waals surface area contributed by atoms with Gasteiger partial charge in [0, 0.05) is 17.5 Å². The number of nitrogens with one attached hydrogen (secondary N) is 2. The molecule has 1 saturated carbocycles. The second kappa shape index (κ2) is 6.35. The van der Waals surface area contributed by atoms with Crippen LogP contribution in [0.5, 0.6) is 0 Å². The molecule has 0 aromatic carbocycles. The summed E-state index contributed by atoms with van der Waals surface area (Å²) in [6, 6.07) is 1.75. The van der Waals surface area contributed by atoms with E-state index in [1.807, 2.05) is 12.3 Å². The Morgan fingerprint density at radius 2 is 2.21 bits per heavy atom. The van der Waals surface area contributed by atoms with Crippen molar-refractivity contribution in [1.29, 1.82) is 0 Å². The van der Waals surface area contributed by atoms with Gasteiger partial charge < -0.3 is 5.32 Å². The van der Waals surface area contributed by atoms with Gasteiger partial charge in [0.1, 0.15) is 0 Å². The van der Waals surface area contributed by atoms with E-state index in [-0.39, 0.29) is 6.04 Å². The van der Waals surface area contributed by atoms with Crippen molar-refractivity contribution < 1.29 is 8.42 Å². The molecule has 0 saturated heterocycles. The number of rotatable bonds is 8. The molecule has 2 rings (SSSR count). The topological polar surface area (TPSA) is 58.2 Å². The quantitative estimate of drug-likeness (QED) is 0.725. The fourth-order valence-corrected chi connectivity index (χ4v) is 4.80. The van der Waals surface area contributed by atoms with Crippen LogP contribution in [0, 0.1) is 5.92 Å². The van der Waals surface area contributed by atoms with Gasteiger partial charge in [0.05, 0.1) is 4.90 Å². The van der Waals surface area contributed by atoms with Gasteiger partial charge in [-0.15, -0.1) is 11.3 Å². The molecule has 1 fully saturated rings. The number of hydrogen-bond acceptors (Lipinski definition) is 4. The second-order valence-corrected chi connectivity index (χ2v) is 7.82. The van der Waals surface area contributed by atoms with E-state index in [2.05, 4.69) is 17.0 Å². The molecule has 108 valence electrons. The normalized spacial score (nSPS) is 17.6. The van der Waals surface area contributed by atoms with Crippen LogP contribution >= 0.6 is 11.3 Å². The zero-order valence-electron chi connectivity index (χ0n) is 11.5. The predicted molar refractivity (Wildman–Crippen MR) is 78.8 cm³/mol. The van der Waals surface area contributed by atoms with Gasteiger partial charge in [-0.3, -0.25) is 0 Å². The van der Waals surface area contributed by atoms with Crippen molar-refractivity contribution in [3.8, 4) is 0 Å². The molecule has 1 unspecified atom stereocenters. The van der Waals surface area contributed by atoms with Crippen LogP contribution in [0.2, 0.25) is 0 Å². The average Bonchev–Trinajstić information content (AvgIpc) is 3.09. The van der Waals surface area contributed by atoms with Crippen molar-refractivity contribution in [1.82, 2.24) is 10.0 Å². The van der Waals surface area contributed by atoms with Crippen LogP contribution in [-0.4, -0.2) is 21.0 Å². The Bertz CT molecular complexity index is 506. The number of sulfonamides is 1. The van der Waals surface area contributed by atoms with E-state index in [0.29, 0.717) is 17.4 Å². The molecular weight excluding hydrogens is 280 g/mol. The molecule has 2 N–H and O–H groups in total. The Morgan fingerprint density at radius 1 is 1.47 bits per heavy atom. The van der Waals surface area contributed by atoms with E-state index in [1.54, 1.807) is 6.07 Å². The summed E-state index contributed by atoms with van der Waals surface area (Å²) < 4.78 is 27.5. The zero-order valence-corrected chi connectivity index (χ0v) is 13.1. The second-order valence-electron chi connectivity index (χ2n) is 5.13. The molecule has 4 nitrogen and oxygen atoms in total. The van der Waals surface area contributed by atoms with Crippen LogP contribution in [-0.2, 0) is 16.6 Å². The van der Waals surface area contributed by atoms with Gasteiger partial charge >= 0.3 is 0 Å². The molecule has 1 atom stereocenters. The van der Waals surface area contributed by atoms with Crippen molar-refractivity contribution >= 4 is 21.4 Å². The first-order valence-corrected chi connectivity index (χ1v) is 9.20. The zero-order chi connectivity index (χ0) is 13.9. The molecule has 0 amide bonds. The van der Waals surface area contributed by atoms with Crippen LogP contribution in [0.4, 0.5) is 0 Å². The summed E-state index contributed by atoms with van der Waals surface area (Å²) in [5.41, 5.74) is 0. The summed E-state index contributed by atoms with van der Waals surface area (Å²) in [5, 5.41) is 5.10. The largest absolute Gasteiger partial charge is 0.312 e. The standard InChI is InChI=1S/C13H22N2O2S2/c1-3-7-14-9-12-13(6-8-18-12)19(16,17)15-10(2)11-4-5-11/h6,8,10-11,14-15H,3-5,7,9H2,1-2H3. The van der Waals surface area contributed by atoms with Crippen molar-refractivity contribution in [3.05, 3.63) is 16.3 Å². The van der Waals surface area contributed by atoms with E-state index < -0.39 is 10.0 Å². The Hall–Kier alpha value is -0.430. The summed E-state index contributed by atoms with van der Waals surface area (Å²) in [5.74, 6) is 0.523. The highest BCUT2D eigenvalue weighted by Crippen LogP contribution is 2.33. The minimum atomic E-state index is -3.37. The minimum Gasteiger partial charge on any atom is -0.312 e. The summed E-state index contributed by atoms with van der Waals surface area (Å²) in [4.78, 5) is 1.33. The maximum Gasteiger partial charge on any atom is 0.241 e. The highest BCUT2D eigenvalue weighted by atomic mass is 32.2. The van der Waals surface area contributed by atoms with Crippen molar-refractivity contribution in [3.63, 3.8) is 0 Å². The van der Waals surface area contributed by atoms with Crippen molar-refractivity contribution in [2.45, 2.75) is 50.6 Å². The van der Waals surface area contributed by atoms with Gasteiger partial charge in [-0.2, -0.15) is 0 Å². The molecule has 1 aromatic heterocycles. The molecule has 1 aliphatic rings. The van der Waals surface area contributed by atoms with E-state index in [1.165, 1.54) is 11.3 Å². The fraction of sp³-hybridized carbons (Fsp3) is 0.692. The summed E-state index contributed by atoms with van der Waals surface area (Å²) in [7, 11) is -3.37. The molecule has 19 heavy (non-hydrogen) atoms. The Kier molecular flexibility index (Phi) is 5.00. The van der Waals surface area contributed by atoms with Crippen LogP contribution in [0.3, 0.4) is 0 Å². The molecule has 1 heterocycles. The summed E-state index contributed by atoms with van der Waals surface area (Å²) in [6.45, 7) is 5.58. The van der Waals surface area contributed by atoms with Gasteiger partial charge in [-0.1, -0.05) is 6.92 Å². The van der Waals surface area contributed by atoms with Gasteiger partial charge in [0.15, 0.2) is 0 Å². The molecule has 6 heteroatoms.